The molecule has 0 saturated carbocycles. The van der Waals surface area contributed by atoms with Crippen molar-refractivity contribution in [2.24, 2.45) is 0 Å². The second-order valence-electron chi connectivity index (χ2n) is 3.29. The molecule has 1 aromatic carbocycles. The van der Waals surface area contributed by atoms with E-state index >= 15 is 0 Å². The lowest BCUT2D eigenvalue weighted by Gasteiger charge is -2.02. The number of rotatable bonds is 4. The Balaban J connectivity index is 1.94. The highest BCUT2D eigenvalue weighted by atomic mass is 19.1. The number of hydrogen-bond acceptors (Lipinski definition) is 3. The van der Waals surface area contributed by atoms with Crippen LogP contribution in [0.2, 0.25) is 0 Å². The molecule has 0 bridgehead atoms. The highest BCUT2D eigenvalue weighted by Gasteiger charge is 2.02. The first kappa shape index (κ1) is 10.6. The Bertz CT molecular complexity index is 453. The number of nitrogens with one attached hydrogen (secondary N) is 1. The summed E-state index contributed by atoms with van der Waals surface area (Å²) in [4.78, 5) is 4.20. The van der Waals surface area contributed by atoms with Gasteiger partial charge in [-0.3, -0.25) is 5.10 Å². The zero-order chi connectivity index (χ0) is 11.4. The summed E-state index contributed by atoms with van der Waals surface area (Å²) in [7, 11) is 0. The standard InChI is InChI=1S/C11H12FN3O/c1-2-10-13-11(15-14-10)7-16-9-5-3-8(12)4-6-9/h3-6H,2,7H2,1H3,(H,13,14,15). The van der Waals surface area contributed by atoms with Gasteiger partial charge in [0.25, 0.3) is 0 Å². The third kappa shape index (κ3) is 2.56. The molecule has 2 rings (SSSR count). The lowest BCUT2D eigenvalue weighted by molar-refractivity contribution is 0.296. The molecule has 0 atom stereocenters. The molecular weight excluding hydrogens is 209 g/mol. The van der Waals surface area contributed by atoms with E-state index in [-0.39, 0.29) is 5.82 Å². The van der Waals surface area contributed by atoms with Crippen molar-refractivity contribution in [3.05, 3.63) is 41.7 Å². The van der Waals surface area contributed by atoms with E-state index in [2.05, 4.69) is 15.2 Å². The van der Waals surface area contributed by atoms with E-state index in [0.29, 0.717) is 18.2 Å². The summed E-state index contributed by atoms with van der Waals surface area (Å²) >= 11 is 0. The molecule has 0 amide bonds. The van der Waals surface area contributed by atoms with Gasteiger partial charge in [-0.25, -0.2) is 9.37 Å². The first-order chi connectivity index (χ1) is 7.78. The summed E-state index contributed by atoms with van der Waals surface area (Å²) in [5.74, 6) is 1.76. The van der Waals surface area contributed by atoms with Gasteiger partial charge in [-0.1, -0.05) is 6.92 Å². The fraction of sp³-hybridized carbons (Fsp3) is 0.273. The third-order valence-electron chi connectivity index (χ3n) is 2.08. The topological polar surface area (TPSA) is 50.8 Å². The molecule has 16 heavy (non-hydrogen) atoms. The van der Waals surface area contributed by atoms with Gasteiger partial charge in [0.1, 0.15) is 18.2 Å². The lowest BCUT2D eigenvalue weighted by Crippen LogP contribution is -1.97. The normalized spacial score (nSPS) is 10.4. The van der Waals surface area contributed by atoms with E-state index in [0.717, 1.165) is 12.2 Å². The highest BCUT2D eigenvalue weighted by Crippen LogP contribution is 2.12. The van der Waals surface area contributed by atoms with Crippen molar-refractivity contribution in [1.82, 2.24) is 15.2 Å². The Kier molecular flexibility index (Phi) is 3.14. The van der Waals surface area contributed by atoms with E-state index < -0.39 is 0 Å². The van der Waals surface area contributed by atoms with Gasteiger partial charge in [0.2, 0.25) is 0 Å². The van der Waals surface area contributed by atoms with Crippen LogP contribution in [0.15, 0.2) is 24.3 Å². The van der Waals surface area contributed by atoms with Crippen LogP contribution in [0.5, 0.6) is 5.75 Å². The van der Waals surface area contributed by atoms with Gasteiger partial charge in [-0.15, -0.1) is 0 Å². The largest absolute Gasteiger partial charge is 0.486 e. The molecule has 0 aliphatic rings. The number of hydrogen-bond donors (Lipinski definition) is 1. The fourth-order valence-electron chi connectivity index (χ4n) is 1.24. The number of aromatic nitrogens is 3. The Labute approximate surface area is 92.5 Å². The minimum Gasteiger partial charge on any atom is -0.486 e. The second kappa shape index (κ2) is 4.74. The minimum atomic E-state index is -0.278. The Morgan fingerprint density at radius 2 is 2.06 bits per heavy atom. The van der Waals surface area contributed by atoms with E-state index in [1.54, 1.807) is 12.1 Å². The van der Waals surface area contributed by atoms with E-state index in [1.807, 2.05) is 6.92 Å². The molecule has 4 nitrogen and oxygen atoms in total. The summed E-state index contributed by atoms with van der Waals surface area (Å²) in [5, 5.41) is 6.76. The smallest absolute Gasteiger partial charge is 0.162 e. The van der Waals surface area contributed by atoms with Gasteiger partial charge >= 0.3 is 0 Å². The molecule has 1 N–H and O–H groups in total. The molecule has 1 heterocycles. The fourth-order valence-corrected chi connectivity index (χ4v) is 1.24. The Morgan fingerprint density at radius 1 is 1.31 bits per heavy atom. The second-order valence-corrected chi connectivity index (χ2v) is 3.29. The number of H-pyrrole nitrogens is 1. The average Bonchev–Trinajstić information content (AvgIpc) is 2.76. The minimum absolute atomic E-state index is 0.278. The predicted octanol–water partition coefficient (Wildman–Crippen LogP) is 2.09. The first-order valence-electron chi connectivity index (χ1n) is 5.06. The van der Waals surface area contributed by atoms with Crippen LogP contribution in [-0.2, 0) is 13.0 Å². The molecule has 0 aliphatic heterocycles. The molecule has 0 fully saturated rings. The van der Waals surface area contributed by atoms with Gasteiger partial charge < -0.3 is 4.74 Å². The molecule has 0 saturated heterocycles. The van der Waals surface area contributed by atoms with Crippen LogP contribution in [0.3, 0.4) is 0 Å². The van der Waals surface area contributed by atoms with Crippen LogP contribution in [0.25, 0.3) is 0 Å². The zero-order valence-electron chi connectivity index (χ0n) is 8.90. The maximum atomic E-state index is 12.6. The molecule has 0 aliphatic carbocycles. The highest BCUT2D eigenvalue weighted by molar-refractivity contribution is 5.22. The van der Waals surface area contributed by atoms with Crippen LogP contribution in [0, 0.1) is 5.82 Å². The lowest BCUT2D eigenvalue weighted by atomic mass is 10.3. The molecule has 1 aromatic heterocycles. The van der Waals surface area contributed by atoms with Crippen molar-refractivity contribution < 1.29 is 9.13 Å². The van der Waals surface area contributed by atoms with Crippen molar-refractivity contribution in [3.8, 4) is 5.75 Å². The Hall–Kier alpha value is -1.91. The molecule has 0 unspecified atom stereocenters. The first-order valence-corrected chi connectivity index (χ1v) is 5.06. The molecule has 84 valence electrons. The number of ether oxygens (including phenoxy) is 1. The summed E-state index contributed by atoms with van der Waals surface area (Å²) in [5.41, 5.74) is 0. The van der Waals surface area contributed by atoms with Crippen LogP contribution >= 0.6 is 0 Å². The van der Waals surface area contributed by atoms with Crippen molar-refractivity contribution in [2.75, 3.05) is 0 Å². The number of nitrogens with zero attached hydrogens (tertiary/aromatic N) is 2. The number of aryl methyl sites for hydroxylation is 1. The average molecular weight is 221 g/mol. The van der Waals surface area contributed by atoms with Crippen molar-refractivity contribution >= 4 is 0 Å². The van der Waals surface area contributed by atoms with E-state index in [1.165, 1.54) is 12.1 Å². The molecule has 2 aromatic rings. The van der Waals surface area contributed by atoms with Crippen LogP contribution in [0.4, 0.5) is 4.39 Å². The number of aromatic amines is 1. The quantitative estimate of drug-likeness (QED) is 0.860. The number of benzene rings is 1. The van der Waals surface area contributed by atoms with Crippen LogP contribution < -0.4 is 4.74 Å². The van der Waals surface area contributed by atoms with Gasteiger partial charge in [-0.2, -0.15) is 5.10 Å². The third-order valence-corrected chi connectivity index (χ3v) is 2.08. The summed E-state index contributed by atoms with van der Waals surface area (Å²) in [6.45, 7) is 2.28. The van der Waals surface area contributed by atoms with E-state index in [4.69, 9.17) is 4.74 Å². The van der Waals surface area contributed by atoms with Gasteiger partial charge in [0.05, 0.1) is 0 Å². The van der Waals surface area contributed by atoms with Crippen molar-refractivity contribution in [2.45, 2.75) is 20.0 Å². The molecular formula is C11H12FN3O. The van der Waals surface area contributed by atoms with Gasteiger partial charge in [0.15, 0.2) is 11.6 Å². The summed E-state index contributed by atoms with van der Waals surface area (Å²) in [6.07, 6.45) is 0.785. The van der Waals surface area contributed by atoms with E-state index in [9.17, 15) is 4.39 Å². The maximum absolute atomic E-state index is 12.6. The van der Waals surface area contributed by atoms with Crippen molar-refractivity contribution in [1.29, 1.82) is 0 Å². The molecule has 0 radical (unpaired) electrons. The van der Waals surface area contributed by atoms with Gasteiger partial charge in [-0.05, 0) is 24.3 Å². The maximum Gasteiger partial charge on any atom is 0.162 e. The SMILES string of the molecule is CCc1n[nH]c(COc2ccc(F)cc2)n1. The zero-order valence-corrected chi connectivity index (χ0v) is 8.90. The monoisotopic (exact) mass is 221 g/mol. The number of halogens is 1. The van der Waals surface area contributed by atoms with Crippen molar-refractivity contribution in [3.63, 3.8) is 0 Å². The molecule has 0 spiro atoms. The predicted molar refractivity (Wildman–Crippen MR) is 56.5 cm³/mol. The Morgan fingerprint density at radius 3 is 2.69 bits per heavy atom. The van der Waals surface area contributed by atoms with Crippen LogP contribution in [-0.4, -0.2) is 15.2 Å². The molecule has 5 heteroatoms. The van der Waals surface area contributed by atoms with Gasteiger partial charge in [0, 0.05) is 6.42 Å². The van der Waals surface area contributed by atoms with Crippen LogP contribution in [0.1, 0.15) is 18.6 Å². The summed E-state index contributed by atoms with van der Waals surface area (Å²) in [6, 6.07) is 5.86. The summed E-state index contributed by atoms with van der Waals surface area (Å²) < 4.78 is 18.0.